The number of anilines is 1. The van der Waals surface area contributed by atoms with E-state index in [1.807, 2.05) is 48.5 Å². The molecule has 3 atom stereocenters. The van der Waals surface area contributed by atoms with Gasteiger partial charge in [0.2, 0.25) is 17.6 Å². The summed E-state index contributed by atoms with van der Waals surface area (Å²) in [6.45, 7) is 1.77. The van der Waals surface area contributed by atoms with Crippen LogP contribution in [0.2, 0.25) is 0 Å². The highest BCUT2D eigenvalue weighted by molar-refractivity contribution is 6.38. The predicted molar refractivity (Wildman–Crippen MR) is 162 cm³/mol. The van der Waals surface area contributed by atoms with Gasteiger partial charge in [-0.3, -0.25) is 14.4 Å². The molecular formula is C35H25Cl2NO5. The minimum atomic E-state index is -1.28. The summed E-state index contributed by atoms with van der Waals surface area (Å²) in [5.74, 6) is -3.72. The first kappa shape index (κ1) is 27.6. The number of Topliss-reactive ketones (excluding diaryl/α,β-unsaturated/α-hetero) is 1. The van der Waals surface area contributed by atoms with E-state index in [9.17, 15) is 19.2 Å². The van der Waals surface area contributed by atoms with E-state index in [0.29, 0.717) is 17.7 Å². The zero-order valence-corrected chi connectivity index (χ0v) is 24.5. The average Bonchev–Trinajstić information content (AvgIpc) is 3.33. The van der Waals surface area contributed by atoms with Crippen LogP contribution in [-0.2, 0) is 24.1 Å². The van der Waals surface area contributed by atoms with Crippen molar-refractivity contribution in [1.82, 2.24) is 0 Å². The van der Waals surface area contributed by atoms with Crippen molar-refractivity contribution in [2.45, 2.75) is 29.2 Å². The van der Waals surface area contributed by atoms with Gasteiger partial charge in [-0.1, -0.05) is 85.8 Å². The lowest BCUT2D eigenvalue weighted by atomic mass is 9.54. The third kappa shape index (κ3) is 3.73. The molecule has 4 aliphatic rings. The molecule has 3 aliphatic carbocycles. The fourth-order valence-electron chi connectivity index (χ4n) is 6.98. The molecule has 1 fully saturated rings. The molecule has 0 unspecified atom stereocenters. The van der Waals surface area contributed by atoms with Gasteiger partial charge in [0.25, 0.3) is 0 Å². The number of benzene rings is 4. The highest BCUT2D eigenvalue weighted by Gasteiger charge is 2.73. The number of hydrogen-bond acceptors (Lipinski definition) is 5. The maximum atomic E-state index is 14.2. The normalized spacial score (nSPS) is 25.5. The van der Waals surface area contributed by atoms with Crippen molar-refractivity contribution in [2.75, 3.05) is 4.90 Å². The first-order chi connectivity index (χ1) is 20.7. The molecule has 0 N–H and O–H groups in total. The van der Waals surface area contributed by atoms with Crippen LogP contribution in [0.5, 0.6) is 0 Å². The van der Waals surface area contributed by atoms with E-state index < -0.39 is 45.5 Å². The lowest BCUT2D eigenvalue weighted by molar-refractivity contribution is -0.122. The van der Waals surface area contributed by atoms with Crippen LogP contribution in [0.1, 0.15) is 56.3 Å². The molecule has 8 rings (SSSR count). The van der Waals surface area contributed by atoms with Crippen LogP contribution >= 0.6 is 23.2 Å². The van der Waals surface area contributed by atoms with Crippen LogP contribution < -0.4 is 4.90 Å². The molecule has 1 aliphatic heterocycles. The van der Waals surface area contributed by atoms with Gasteiger partial charge in [0.05, 0.1) is 23.1 Å². The quantitative estimate of drug-likeness (QED) is 0.106. The van der Waals surface area contributed by atoms with Gasteiger partial charge < -0.3 is 4.74 Å². The minimum Gasteiger partial charge on any atom is -0.450 e. The summed E-state index contributed by atoms with van der Waals surface area (Å²) in [4.78, 5) is 52.7. The predicted octanol–water partition coefficient (Wildman–Crippen LogP) is 6.60. The summed E-state index contributed by atoms with van der Waals surface area (Å²) in [5.41, 5.74) is 3.83. The van der Waals surface area contributed by atoms with Crippen molar-refractivity contribution in [3.05, 3.63) is 137 Å². The number of rotatable bonds is 6. The fraction of sp³-hybridized carbons (Fsp3) is 0.200. The van der Waals surface area contributed by atoms with Gasteiger partial charge in [0, 0.05) is 5.56 Å². The number of carbonyl (C=O) groups excluding carboxylic acids is 4. The molecule has 0 aromatic heterocycles. The van der Waals surface area contributed by atoms with Gasteiger partial charge in [0.15, 0.2) is 6.10 Å². The van der Waals surface area contributed by atoms with Crippen molar-refractivity contribution in [3.8, 4) is 0 Å². The van der Waals surface area contributed by atoms with Gasteiger partial charge in [-0.05, 0) is 52.9 Å². The van der Waals surface area contributed by atoms with Crippen molar-refractivity contribution in [1.29, 1.82) is 0 Å². The maximum Gasteiger partial charge on any atom is 0.338 e. The number of carbonyl (C=O) groups is 4. The Balaban J connectivity index is 1.20. The summed E-state index contributed by atoms with van der Waals surface area (Å²) in [5, 5.41) is 0. The number of esters is 1. The first-order valence-electron chi connectivity index (χ1n) is 14.1. The molecule has 1 heterocycles. The summed E-state index contributed by atoms with van der Waals surface area (Å²) in [6.07, 6.45) is -0.639. The highest BCUT2D eigenvalue weighted by Crippen LogP contribution is 2.69. The van der Waals surface area contributed by atoms with Gasteiger partial charge >= 0.3 is 5.97 Å². The summed E-state index contributed by atoms with van der Waals surface area (Å²) < 4.78 is 5.55. The van der Waals surface area contributed by atoms with Crippen LogP contribution in [0.4, 0.5) is 5.69 Å². The molecule has 0 spiro atoms. The number of ketones is 1. The Labute approximate surface area is 258 Å². The Kier molecular flexibility index (Phi) is 6.35. The van der Waals surface area contributed by atoms with Crippen LogP contribution in [-0.4, -0.2) is 29.7 Å². The second-order valence-electron chi connectivity index (χ2n) is 11.1. The minimum absolute atomic E-state index is 0.182. The zero-order chi connectivity index (χ0) is 30.1. The van der Waals surface area contributed by atoms with Gasteiger partial charge in [-0.15, -0.1) is 23.2 Å². The standard InChI is InChI=1S/C35H25Cl2NO5/c1-2-27(30(39)20-10-4-3-5-11-20)43-33(42)21-16-18-22(19-17-21)38-31(40)28-29(32(38)41)35(37)24-13-7-6-12-23(24)34(28,36)25-14-8-9-15-26(25)35/h3-19,27-29H,2H2,1H3/t27-,28-,29+,34?,35?/m0/s1. The van der Waals surface area contributed by atoms with Crippen LogP contribution in [0.25, 0.3) is 0 Å². The molecule has 0 saturated carbocycles. The van der Waals surface area contributed by atoms with E-state index in [-0.39, 0.29) is 11.3 Å². The van der Waals surface area contributed by atoms with Crippen LogP contribution in [0.15, 0.2) is 103 Å². The second kappa shape index (κ2) is 9.90. The van der Waals surface area contributed by atoms with Gasteiger partial charge in [0.1, 0.15) is 9.75 Å². The number of ether oxygens (including phenoxy) is 1. The second-order valence-corrected chi connectivity index (χ2v) is 12.3. The van der Waals surface area contributed by atoms with Crippen molar-refractivity contribution in [3.63, 3.8) is 0 Å². The van der Waals surface area contributed by atoms with E-state index in [2.05, 4.69) is 0 Å². The molecule has 8 heteroatoms. The molecule has 6 nitrogen and oxygen atoms in total. The van der Waals surface area contributed by atoms with E-state index >= 15 is 0 Å². The van der Waals surface area contributed by atoms with Gasteiger partial charge in [-0.2, -0.15) is 0 Å². The van der Waals surface area contributed by atoms with Crippen molar-refractivity contribution < 1.29 is 23.9 Å². The first-order valence-corrected chi connectivity index (χ1v) is 14.8. The van der Waals surface area contributed by atoms with E-state index in [0.717, 1.165) is 27.2 Å². The number of nitrogens with zero attached hydrogens (tertiary/aromatic N) is 1. The van der Waals surface area contributed by atoms with E-state index in [1.165, 1.54) is 24.3 Å². The Morgan fingerprint density at radius 1 is 0.698 bits per heavy atom. The van der Waals surface area contributed by atoms with E-state index in [1.54, 1.807) is 37.3 Å². The monoisotopic (exact) mass is 609 g/mol. The maximum absolute atomic E-state index is 14.2. The summed E-state index contributed by atoms with van der Waals surface area (Å²) in [6, 6.07) is 29.6. The van der Waals surface area contributed by atoms with Crippen molar-refractivity contribution in [2.24, 2.45) is 11.8 Å². The fourth-order valence-corrected chi connectivity index (χ4v) is 8.07. The lowest BCUT2D eigenvalue weighted by Crippen LogP contribution is -2.57. The molecular weight excluding hydrogens is 585 g/mol. The Morgan fingerprint density at radius 2 is 1.14 bits per heavy atom. The van der Waals surface area contributed by atoms with Crippen LogP contribution in [0.3, 0.4) is 0 Å². The third-order valence-electron chi connectivity index (χ3n) is 8.92. The smallest absolute Gasteiger partial charge is 0.338 e. The number of hydrogen-bond donors (Lipinski definition) is 0. The van der Waals surface area contributed by atoms with Gasteiger partial charge in [-0.25, -0.2) is 9.69 Å². The molecule has 2 bridgehead atoms. The highest BCUT2D eigenvalue weighted by atomic mass is 35.5. The number of halogens is 2. The molecule has 43 heavy (non-hydrogen) atoms. The van der Waals surface area contributed by atoms with Crippen LogP contribution in [0, 0.1) is 11.8 Å². The Bertz CT molecular complexity index is 1700. The largest absolute Gasteiger partial charge is 0.450 e. The van der Waals surface area contributed by atoms with Crippen molar-refractivity contribution >= 4 is 52.5 Å². The molecule has 214 valence electrons. The molecule has 2 amide bonds. The average molecular weight is 610 g/mol. The van der Waals surface area contributed by atoms with E-state index in [4.69, 9.17) is 27.9 Å². The SMILES string of the molecule is CC[C@H](OC(=O)c1ccc(N2C(=O)[C@@H]3[C@H](C2=O)C2(Cl)c4ccccc4C3(Cl)c3ccccc32)cc1)C(=O)c1ccccc1. The molecule has 0 radical (unpaired) electrons. The zero-order valence-electron chi connectivity index (χ0n) is 23.0. The summed E-state index contributed by atoms with van der Waals surface area (Å²) >= 11 is 15.0. The summed E-state index contributed by atoms with van der Waals surface area (Å²) in [7, 11) is 0. The molecule has 4 aromatic rings. The molecule has 4 aromatic carbocycles. The number of amides is 2. The molecule has 1 saturated heterocycles. The Hall–Kier alpha value is -4.26. The number of alkyl halides is 2. The third-order valence-corrected chi connectivity index (χ3v) is 10.2. The number of imide groups is 1. The topological polar surface area (TPSA) is 80.8 Å². The Morgan fingerprint density at radius 3 is 1.58 bits per heavy atom. The lowest BCUT2D eigenvalue weighted by Gasteiger charge is -2.54.